The Hall–Kier alpha value is -0.530. The highest BCUT2D eigenvalue weighted by atomic mass is 127. The number of nitrogens with one attached hydrogen (secondary N) is 1. The van der Waals surface area contributed by atoms with E-state index in [2.05, 4.69) is 43.8 Å². The van der Waals surface area contributed by atoms with Crippen LogP contribution in [-0.2, 0) is 0 Å². The Morgan fingerprint density at radius 2 is 1.74 bits per heavy atom. The molecule has 1 atom stereocenters. The minimum atomic E-state index is -0.569. The average molecular weight is 438 g/mol. The maximum absolute atomic E-state index is 13.3. The molecule has 100 valence electrons. The first-order valence-electron chi connectivity index (χ1n) is 5.59. The number of hydrogen-bond donors (Lipinski definition) is 1. The van der Waals surface area contributed by atoms with Crippen LogP contribution in [-0.4, -0.2) is 7.05 Å². The van der Waals surface area contributed by atoms with E-state index in [0.29, 0.717) is 5.56 Å². The molecule has 0 aliphatic rings. The Labute approximate surface area is 132 Å². The van der Waals surface area contributed by atoms with E-state index in [-0.39, 0.29) is 6.04 Å². The molecule has 2 rings (SSSR count). The summed E-state index contributed by atoms with van der Waals surface area (Å²) < 4.78 is 28.6. The summed E-state index contributed by atoms with van der Waals surface area (Å²) in [6.45, 7) is 0. The van der Waals surface area contributed by atoms with E-state index in [9.17, 15) is 8.78 Å². The van der Waals surface area contributed by atoms with Crippen molar-refractivity contribution >= 4 is 38.5 Å². The van der Waals surface area contributed by atoms with Crippen molar-refractivity contribution in [1.29, 1.82) is 0 Å². The van der Waals surface area contributed by atoms with Gasteiger partial charge in [0.1, 0.15) is 11.6 Å². The summed E-state index contributed by atoms with van der Waals surface area (Å²) in [6.07, 6.45) is 0. The van der Waals surface area contributed by atoms with Crippen molar-refractivity contribution in [1.82, 2.24) is 5.32 Å². The van der Waals surface area contributed by atoms with Gasteiger partial charge in [0.25, 0.3) is 0 Å². The first-order valence-corrected chi connectivity index (χ1v) is 7.46. The molecule has 2 aromatic rings. The van der Waals surface area contributed by atoms with Crippen LogP contribution in [0.2, 0.25) is 0 Å². The van der Waals surface area contributed by atoms with Crippen molar-refractivity contribution < 1.29 is 8.78 Å². The van der Waals surface area contributed by atoms with Crippen LogP contribution in [0.5, 0.6) is 0 Å². The van der Waals surface area contributed by atoms with Gasteiger partial charge < -0.3 is 5.32 Å². The summed E-state index contributed by atoms with van der Waals surface area (Å²) in [5, 5.41) is 3.10. The lowest BCUT2D eigenvalue weighted by Gasteiger charge is -2.19. The summed E-state index contributed by atoms with van der Waals surface area (Å²) >= 11 is 5.63. The molecule has 0 aliphatic carbocycles. The summed E-state index contributed by atoms with van der Waals surface area (Å²) in [6, 6.07) is 9.16. The van der Waals surface area contributed by atoms with Gasteiger partial charge in [-0.2, -0.15) is 0 Å². The predicted molar refractivity (Wildman–Crippen MR) is 84.1 cm³/mol. The molecule has 0 bridgehead atoms. The zero-order valence-corrected chi connectivity index (χ0v) is 13.8. The lowest BCUT2D eigenvalue weighted by Crippen LogP contribution is -2.19. The minimum Gasteiger partial charge on any atom is -0.309 e. The van der Waals surface area contributed by atoms with Crippen molar-refractivity contribution in [3.05, 3.63) is 67.2 Å². The summed E-state index contributed by atoms with van der Waals surface area (Å²) in [4.78, 5) is 0. The van der Waals surface area contributed by atoms with Crippen molar-refractivity contribution in [3.8, 4) is 0 Å². The van der Waals surface area contributed by atoms with Crippen LogP contribution in [0.15, 0.2) is 40.9 Å². The van der Waals surface area contributed by atoms with E-state index in [4.69, 9.17) is 0 Å². The fourth-order valence-corrected chi connectivity index (χ4v) is 3.01. The van der Waals surface area contributed by atoms with Crippen LogP contribution in [0.25, 0.3) is 0 Å². The van der Waals surface area contributed by atoms with Gasteiger partial charge in [0, 0.05) is 14.1 Å². The zero-order valence-electron chi connectivity index (χ0n) is 10.1. The molecule has 2 aromatic carbocycles. The minimum absolute atomic E-state index is 0.255. The van der Waals surface area contributed by atoms with E-state index in [1.165, 1.54) is 12.1 Å². The third-order valence-electron chi connectivity index (χ3n) is 2.78. The van der Waals surface area contributed by atoms with Gasteiger partial charge in [-0.15, -0.1) is 0 Å². The highest BCUT2D eigenvalue weighted by Crippen LogP contribution is 2.29. The molecule has 0 heterocycles. The lowest BCUT2D eigenvalue weighted by atomic mass is 9.99. The summed E-state index contributed by atoms with van der Waals surface area (Å²) in [5.74, 6) is -1.14. The number of rotatable bonds is 3. The maximum Gasteiger partial charge on any atom is 0.126 e. The maximum atomic E-state index is 13.3. The monoisotopic (exact) mass is 437 g/mol. The third kappa shape index (κ3) is 3.52. The van der Waals surface area contributed by atoms with Crippen molar-refractivity contribution in [2.24, 2.45) is 0 Å². The van der Waals surface area contributed by atoms with Crippen LogP contribution in [0.1, 0.15) is 17.2 Å². The summed E-state index contributed by atoms with van der Waals surface area (Å²) in [5.41, 5.74) is 1.54. The van der Waals surface area contributed by atoms with Crippen LogP contribution in [0.4, 0.5) is 8.78 Å². The lowest BCUT2D eigenvalue weighted by molar-refractivity contribution is 0.571. The van der Waals surface area contributed by atoms with Crippen molar-refractivity contribution in [2.75, 3.05) is 7.05 Å². The smallest absolute Gasteiger partial charge is 0.126 e. The number of benzene rings is 2. The average Bonchev–Trinajstić information content (AvgIpc) is 2.33. The van der Waals surface area contributed by atoms with Crippen molar-refractivity contribution in [3.63, 3.8) is 0 Å². The van der Waals surface area contributed by atoms with Crippen LogP contribution >= 0.6 is 38.5 Å². The van der Waals surface area contributed by atoms with Crippen molar-refractivity contribution in [2.45, 2.75) is 6.04 Å². The molecular weight excluding hydrogens is 427 g/mol. The number of hydrogen-bond acceptors (Lipinski definition) is 1. The van der Waals surface area contributed by atoms with E-state index >= 15 is 0 Å². The molecule has 0 radical (unpaired) electrons. The second-order valence-corrected chi connectivity index (χ2v) is 6.17. The van der Waals surface area contributed by atoms with Gasteiger partial charge in [-0.3, -0.25) is 0 Å². The molecule has 0 amide bonds. The van der Waals surface area contributed by atoms with E-state index in [0.717, 1.165) is 19.7 Å². The first-order chi connectivity index (χ1) is 9.01. The molecule has 0 fully saturated rings. The molecule has 1 unspecified atom stereocenters. The van der Waals surface area contributed by atoms with Gasteiger partial charge >= 0.3 is 0 Å². The Morgan fingerprint density at radius 1 is 1.11 bits per heavy atom. The molecule has 0 aromatic heterocycles. The fourth-order valence-electron chi connectivity index (χ4n) is 1.98. The first kappa shape index (κ1) is 14.9. The normalized spacial score (nSPS) is 12.5. The van der Waals surface area contributed by atoms with Gasteiger partial charge in [0.05, 0.1) is 6.04 Å². The standard InChI is InChI=1S/C14H11BrF2IN/c1-19-14(8-4-10(16)7-11(17)5-8)12-6-9(15)2-3-13(12)18/h2-7,14,19H,1H3. The van der Waals surface area contributed by atoms with Gasteiger partial charge in [-0.1, -0.05) is 15.9 Å². The molecule has 0 saturated heterocycles. The van der Waals surface area contributed by atoms with Gasteiger partial charge in [0.15, 0.2) is 0 Å². The molecule has 19 heavy (non-hydrogen) atoms. The zero-order chi connectivity index (χ0) is 14.0. The molecule has 5 heteroatoms. The van der Waals surface area contributed by atoms with Gasteiger partial charge in [-0.25, -0.2) is 8.78 Å². The number of halogens is 4. The van der Waals surface area contributed by atoms with Gasteiger partial charge in [0.2, 0.25) is 0 Å². The largest absolute Gasteiger partial charge is 0.309 e. The topological polar surface area (TPSA) is 12.0 Å². The molecule has 0 spiro atoms. The SMILES string of the molecule is CNC(c1cc(F)cc(F)c1)c1cc(Br)ccc1I. The Morgan fingerprint density at radius 3 is 2.32 bits per heavy atom. The third-order valence-corrected chi connectivity index (χ3v) is 4.25. The highest BCUT2D eigenvalue weighted by Gasteiger charge is 2.17. The molecule has 1 nitrogen and oxygen atoms in total. The molecule has 0 aliphatic heterocycles. The second kappa shape index (κ2) is 6.28. The molecule has 0 saturated carbocycles. The summed E-state index contributed by atoms with van der Waals surface area (Å²) in [7, 11) is 1.77. The Bertz CT molecular complexity index is 584. The van der Waals surface area contributed by atoms with Crippen LogP contribution in [0, 0.1) is 15.2 Å². The van der Waals surface area contributed by atoms with Gasteiger partial charge in [-0.05, 0) is 71.1 Å². The fraction of sp³-hybridized carbons (Fsp3) is 0.143. The molecule has 1 N–H and O–H groups in total. The Kier molecular flexibility index (Phi) is 4.92. The second-order valence-electron chi connectivity index (χ2n) is 4.09. The van der Waals surface area contributed by atoms with E-state index in [1.807, 2.05) is 18.2 Å². The van der Waals surface area contributed by atoms with Crippen LogP contribution < -0.4 is 5.32 Å². The highest BCUT2D eigenvalue weighted by molar-refractivity contribution is 14.1. The quantitative estimate of drug-likeness (QED) is 0.689. The van der Waals surface area contributed by atoms with Crippen LogP contribution in [0.3, 0.4) is 0 Å². The molecular formula is C14H11BrF2IN. The predicted octanol–water partition coefficient (Wildman–Crippen LogP) is 4.64. The Balaban J connectivity index is 2.52. The van der Waals surface area contributed by atoms with E-state index < -0.39 is 11.6 Å². The van der Waals surface area contributed by atoms with E-state index in [1.54, 1.807) is 7.05 Å².